The van der Waals surface area contributed by atoms with Gasteiger partial charge in [0.2, 0.25) is 5.91 Å². The van der Waals surface area contributed by atoms with Crippen molar-refractivity contribution in [3.8, 4) is 0 Å². The van der Waals surface area contributed by atoms with Crippen molar-refractivity contribution in [2.75, 3.05) is 26.2 Å². The normalized spacial score (nSPS) is 15.8. The summed E-state index contributed by atoms with van der Waals surface area (Å²) in [6.07, 6.45) is 6.22. The largest absolute Gasteiger partial charge is 0.340 e. The lowest BCUT2D eigenvalue weighted by atomic mass is 10.4. The zero-order chi connectivity index (χ0) is 12.5. The molecule has 1 amide bonds. The topological polar surface area (TPSA) is 50.2 Å². The van der Waals surface area contributed by atoms with Crippen LogP contribution in [-0.4, -0.2) is 46.5 Å². The van der Waals surface area contributed by atoms with Gasteiger partial charge in [-0.2, -0.15) is 0 Å². The molecule has 1 aliphatic rings. The molecular weight excluding hydrogens is 216 g/mol. The molecule has 0 radical (unpaired) electrons. The molecule has 0 aromatic carbocycles. The minimum Gasteiger partial charge on any atom is -0.340 e. The molecule has 96 valence electrons. The van der Waals surface area contributed by atoms with Crippen LogP contribution in [0, 0.1) is 0 Å². The van der Waals surface area contributed by atoms with Crippen LogP contribution in [0.5, 0.6) is 0 Å². The van der Waals surface area contributed by atoms with Gasteiger partial charge in [-0.25, -0.2) is 4.98 Å². The van der Waals surface area contributed by atoms with E-state index in [1.54, 1.807) is 17.1 Å². The third kappa shape index (κ3) is 4.56. The van der Waals surface area contributed by atoms with E-state index >= 15 is 0 Å². The first-order valence-corrected chi connectivity index (χ1v) is 6.30. The van der Waals surface area contributed by atoms with Gasteiger partial charge >= 0.3 is 0 Å². The molecule has 2 heterocycles. The van der Waals surface area contributed by atoms with Crippen molar-refractivity contribution in [1.82, 2.24) is 19.8 Å². The van der Waals surface area contributed by atoms with Crippen LogP contribution in [0.25, 0.3) is 0 Å². The Morgan fingerprint density at radius 3 is 2.88 bits per heavy atom. The van der Waals surface area contributed by atoms with Crippen molar-refractivity contribution in [2.24, 2.45) is 0 Å². The smallest absolute Gasteiger partial charge is 0.242 e. The van der Waals surface area contributed by atoms with Crippen LogP contribution in [0.15, 0.2) is 18.7 Å². The zero-order valence-corrected chi connectivity index (χ0v) is 10.7. The summed E-state index contributed by atoms with van der Waals surface area (Å²) in [5.41, 5.74) is 0. The van der Waals surface area contributed by atoms with E-state index in [4.69, 9.17) is 0 Å². The summed E-state index contributed by atoms with van der Waals surface area (Å²) in [4.78, 5) is 17.7. The summed E-state index contributed by atoms with van der Waals surface area (Å²) >= 11 is 0. The number of carbonyl (C=O) groups is 1. The Balaban J connectivity index is 0.000000686. The van der Waals surface area contributed by atoms with Crippen molar-refractivity contribution in [3.63, 3.8) is 0 Å². The van der Waals surface area contributed by atoms with Gasteiger partial charge in [-0.3, -0.25) is 4.79 Å². The van der Waals surface area contributed by atoms with E-state index in [-0.39, 0.29) is 5.91 Å². The van der Waals surface area contributed by atoms with E-state index in [1.807, 2.05) is 24.9 Å². The highest BCUT2D eigenvalue weighted by molar-refractivity contribution is 5.76. The average Bonchev–Trinajstić information content (AvgIpc) is 2.71. The van der Waals surface area contributed by atoms with Gasteiger partial charge in [0, 0.05) is 32.0 Å². The summed E-state index contributed by atoms with van der Waals surface area (Å²) in [5.74, 6) is 0.178. The number of amides is 1. The predicted octanol–water partition coefficient (Wildman–Crippen LogP) is 0.731. The summed E-state index contributed by atoms with van der Waals surface area (Å²) in [6, 6.07) is 0. The second-order valence-electron chi connectivity index (χ2n) is 3.72. The van der Waals surface area contributed by atoms with E-state index in [0.717, 1.165) is 32.6 Å². The maximum atomic E-state index is 11.9. The lowest BCUT2D eigenvalue weighted by Crippen LogP contribution is -2.36. The molecule has 5 nitrogen and oxygen atoms in total. The molecule has 0 bridgehead atoms. The minimum absolute atomic E-state index is 0.178. The lowest BCUT2D eigenvalue weighted by Gasteiger charge is -2.19. The van der Waals surface area contributed by atoms with Crippen LogP contribution < -0.4 is 5.32 Å². The molecule has 1 fully saturated rings. The van der Waals surface area contributed by atoms with Crippen LogP contribution in [0.3, 0.4) is 0 Å². The van der Waals surface area contributed by atoms with Crippen molar-refractivity contribution in [2.45, 2.75) is 26.8 Å². The Morgan fingerprint density at radius 2 is 2.18 bits per heavy atom. The molecule has 17 heavy (non-hydrogen) atoms. The van der Waals surface area contributed by atoms with Gasteiger partial charge in [0.25, 0.3) is 0 Å². The van der Waals surface area contributed by atoms with Gasteiger partial charge in [-0.05, 0) is 13.0 Å². The first-order chi connectivity index (χ1) is 8.36. The highest BCUT2D eigenvalue weighted by atomic mass is 16.2. The molecule has 0 spiro atoms. The molecule has 0 atom stereocenters. The minimum atomic E-state index is 0.178. The predicted molar refractivity (Wildman–Crippen MR) is 67.6 cm³/mol. The molecule has 0 saturated carbocycles. The molecule has 1 aromatic rings. The SMILES string of the molecule is CC.O=C(Cn1ccnc1)N1CCCNCC1. The van der Waals surface area contributed by atoms with Gasteiger partial charge in [0.05, 0.1) is 6.33 Å². The van der Waals surface area contributed by atoms with Crippen LogP contribution in [0.1, 0.15) is 20.3 Å². The molecule has 5 heteroatoms. The maximum absolute atomic E-state index is 11.9. The number of hydrogen-bond donors (Lipinski definition) is 1. The second kappa shape index (κ2) is 7.84. The molecule has 0 aliphatic carbocycles. The summed E-state index contributed by atoms with van der Waals surface area (Å²) in [7, 11) is 0. The number of imidazole rings is 1. The van der Waals surface area contributed by atoms with Gasteiger partial charge in [-0.1, -0.05) is 13.8 Å². The van der Waals surface area contributed by atoms with Crippen molar-refractivity contribution in [1.29, 1.82) is 0 Å². The highest BCUT2D eigenvalue weighted by Gasteiger charge is 2.14. The second-order valence-corrected chi connectivity index (χ2v) is 3.72. The number of hydrogen-bond acceptors (Lipinski definition) is 3. The maximum Gasteiger partial charge on any atom is 0.242 e. The molecule has 1 aromatic heterocycles. The Hall–Kier alpha value is -1.36. The number of nitrogens with one attached hydrogen (secondary N) is 1. The number of aromatic nitrogens is 2. The van der Waals surface area contributed by atoms with Gasteiger partial charge < -0.3 is 14.8 Å². The molecule has 1 aliphatic heterocycles. The number of carbonyl (C=O) groups excluding carboxylic acids is 1. The Labute approximate surface area is 103 Å². The first-order valence-electron chi connectivity index (χ1n) is 6.30. The van der Waals surface area contributed by atoms with Crippen molar-refractivity contribution in [3.05, 3.63) is 18.7 Å². The third-order valence-electron chi connectivity index (χ3n) is 2.57. The van der Waals surface area contributed by atoms with E-state index in [9.17, 15) is 4.79 Å². The Kier molecular flexibility index (Phi) is 6.32. The van der Waals surface area contributed by atoms with Gasteiger partial charge in [0.15, 0.2) is 0 Å². The summed E-state index contributed by atoms with van der Waals surface area (Å²) in [5, 5.41) is 3.28. The van der Waals surface area contributed by atoms with E-state index in [0.29, 0.717) is 6.54 Å². The van der Waals surface area contributed by atoms with Crippen LogP contribution in [-0.2, 0) is 11.3 Å². The monoisotopic (exact) mass is 238 g/mol. The van der Waals surface area contributed by atoms with E-state index in [1.165, 1.54) is 0 Å². The quantitative estimate of drug-likeness (QED) is 0.826. The summed E-state index contributed by atoms with van der Waals surface area (Å²) in [6.45, 7) is 7.98. The fourth-order valence-corrected chi connectivity index (χ4v) is 1.73. The molecule has 2 rings (SSSR count). The first kappa shape index (κ1) is 13.7. The zero-order valence-electron chi connectivity index (χ0n) is 10.7. The fraction of sp³-hybridized carbons (Fsp3) is 0.667. The standard InChI is InChI=1S/C10H16N4O.C2H6/c15-10(8-13-6-3-12-9-13)14-5-1-2-11-4-7-14;1-2/h3,6,9,11H,1-2,4-5,7-8H2;1-2H3. The van der Waals surface area contributed by atoms with Crippen LogP contribution in [0.4, 0.5) is 0 Å². The number of nitrogens with zero attached hydrogens (tertiary/aromatic N) is 3. The number of rotatable bonds is 2. The van der Waals surface area contributed by atoms with Gasteiger partial charge in [0.1, 0.15) is 6.54 Å². The molecule has 1 N–H and O–H groups in total. The molecule has 1 saturated heterocycles. The molecular formula is C12H22N4O. The van der Waals surface area contributed by atoms with Crippen molar-refractivity contribution >= 4 is 5.91 Å². The Bertz CT molecular complexity index is 302. The third-order valence-corrected chi connectivity index (χ3v) is 2.57. The lowest BCUT2D eigenvalue weighted by molar-refractivity contribution is -0.131. The highest BCUT2D eigenvalue weighted by Crippen LogP contribution is 1.98. The van der Waals surface area contributed by atoms with E-state index < -0.39 is 0 Å². The Morgan fingerprint density at radius 1 is 1.35 bits per heavy atom. The van der Waals surface area contributed by atoms with Crippen molar-refractivity contribution < 1.29 is 4.79 Å². The molecule has 0 unspecified atom stereocenters. The average molecular weight is 238 g/mol. The van der Waals surface area contributed by atoms with Crippen LogP contribution >= 0.6 is 0 Å². The fourth-order valence-electron chi connectivity index (χ4n) is 1.73. The van der Waals surface area contributed by atoms with Gasteiger partial charge in [-0.15, -0.1) is 0 Å². The van der Waals surface area contributed by atoms with Crippen LogP contribution in [0.2, 0.25) is 0 Å². The summed E-state index contributed by atoms with van der Waals surface area (Å²) < 4.78 is 1.81. The van der Waals surface area contributed by atoms with E-state index in [2.05, 4.69) is 10.3 Å².